The van der Waals surface area contributed by atoms with Crippen molar-refractivity contribution in [3.05, 3.63) is 77.7 Å². The summed E-state index contributed by atoms with van der Waals surface area (Å²) in [5, 5.41) is 5.45. The Morgan fingerprint density at radius 1 is 0.929 bits per heavy atom. The van der Waals surface area contributed by atoms with Gasteiger partial charge in [0.15, 0.2) is 5.76 Å². The van der Waals surface area contributed by atoms with E-state index < -0.39 is 0 Å². The van der Waals surface area contributed by atoms with Crippen LogP contribution >= 0.6 is 11.8 Å². The Bertz CT molecular complexity index is 983. The van der Waals surface area contributed by atoms with E-state index in [-0.39, 0.29) is 22.8 Å². The third-order valence-electron chi connectivity index (χ3n) is 4.29. The van der Waals surface area contributed by atoms with Crippen LogP contribution in [0, 0.1) is 13.8 Å². The number of furan rings is 1. The molecule has 0 aliphatic carbocycles. The SMILES string of the molecule is Cc1ccc(NC(=O)C(C)Sc2cccc(NC(=O)c3ccco3)c2)cc1C. The minimum absolute atomic E-state index is 0.0710. The summed E-state index contributed by atoms with van der Waals surface area (Å²) >= 11 is 1.43. The molecule has 1 heterocycles. The number of aryl methyl sites for hydroxylation is 2. The van der Waals surface area contributed by atoms with Crippen LogP contribution in [-0.2, 0) is 4.79 Å². The molecular weight excluding hydrogens is 372 g/mol. The van der Waals surface area contributed by atoms with E-state index in [0.717, 1.165) is 16.1 Å². The number of rotatable bonds is 6. The first-order valence-corrected chi connectivity index (χ1v) is 9.80. The Labute approximate surface area is 168 Å². The van der Waals surface area contributed by atoms with Gasteiger partial charge in [-0.25, -0.2) is 0 Å². The number of anilines is 2. The quantitative estimate of drug-likeness (QED) is 0.559. The van der Waals surface area contributed by atoms with Crippen molar-refractivity contribution in [3.8, 4) is 0 Å². The highest BCUT2D eigenvalue weighted by molar-refractivity contribution is 8.00. The van der Waals surface area contributed by atoms with E-state index >= 15 is 0 Å². The zero-order valence-electron chi connectivity index (χ0n) is 16.0. The van der Waals surface area contributed by atoms with Gasteiger partial charge in [-0.05, 0) is 74.4 Å². The summed E-state index contributed by atoms with van der Waals surface area (Å²) in [5.74, 6) is -0.134. The molecule has 0 spiro atoms. The van der Waals surface area contributed by atoms with Crippen molar-refractivity contribution in [2.24, 2.45) is 0 Å². The van der Waals surface area contributed by atoms with Gasteiger partial charge in [0, 0.05) is 16.3 Å². The molecule has 2 N–H and O–H groups in total. The van der Waals surface area contributed by atoms with Gasteiger partial charge in [-0.3, -0.25) is 9.59 Å². The van der Waals surface area contributed by atoms with E-state index in [1.54, 1.807) is 18.2 Å². The van der Waals surface area contributed by atoms with Crippen LogP contribution in [0.4, 0.5) is 11.4 Å². The zero-order valence-corrected chi connectivity index (χ0v) is 16.8. The first-order chi connectivity index (χ1) is 13.4. The summed E-state index contributed by atoms with van der Waals surface area (Å²) in [6.07, 6.45) is 1.46. The number of amides is 2. The molecule has 2 aromatic carbocycles. The molecule has 0 saturated carbocycles. The summed E-state index contributed by atoms with van der Waals surface area (Å²) in [5.41, 5.74) is 3.76. The van der Waals surface area contributed by atoms with Crippen molar-refractivity contribution >= 4 is 35.0 Å². The Morgan fingerprint density at radius 3 is 2.43 bits per heavy atom. The van der Waals surface area contributed by atoms with E-state index in [2.05, 4.69) is 10.6 Å². The molecule has 5 nitrogen and oxygen atoms in total. The first kappa shape index (κ1) is 19.8. The number of benzene rings is 2. The van der Waals surface area contributed by atoms with Crippen molar-refractivity contribution < 1.29 is 14.0 Å². The Balaban J connectivity index is 1.61. The first-order valence-electron chi connectivity index (χ1n) is 8.92. The zero-order chi connectivity index (χ0) is 20.1. The van der Waals surface area contributed by atoms with Gasteiger partial charge in [0.1, 0.15) is 0 Å². The molecule has 0 saturated heterocycles. The molecule has 0 aliphatic heterocycles. The van der Waals surface area contributed by atoms with Crippen LogP contribution in [-0.4, -0.2) is 17.1 Å². The lowest BCUT2D eigenvalue weighted by atomic mass is 10.1. The molecule has 1 unspecified atom stereocenters. The lowest BCUT2D eigenvalue weighted by molar-refractivity contribution is -0.115. The van der Waals surface area contributed by atoms with Crippen LogP contribution in [0.25, 0.3) is 0 Å². The molecule has 2 amide bonds. The standard InChI is InChI=1S/C22H22N2O3S/c1-14-9-10-18(12-15(14)2)23-21(25)16(3)28-19-7-4-6-17(13-19)24-22(26)20-8-5-11-27-20/h4-13,16H,1-3H3,(H,23,25)(H,24,26). The second-order valence-electron chi connectivity index (χ2n) is 6.51. The lowest BCUT2D eigenvalue weighted by Crippen LogP contribution is -2.22. The number of nitrogens with one attached hydrogen (secondary N) is 2. The van der Waals surface area contributed by atoms with Crippen LogP contribution in [0.5, 0.6) is 0 Å². The smallest absolute Gasteiger partial charge is 0.291 e. The Morgan fingerprint density at radius 2 is 1.71 bits per heavy atom. The average Bonchev–Trinajstić information content (AvgIpc) is 3.20. The molecule has 144 valence electrons. The fourth-order valence-electron chi connectivity index (χ4n) is 2.57. The number of hydrogen-bond donors (Lipinski definition) is 2. The van der Waals surface area contributed by atoms with Gasteiger partial charge in [0.25, 0.3) is 5.91 Å². The van der Waals surface area contributed by atoms with Crippen LogP contribution in [0.3, 0.4) is 0 Å². The Kier molecular flexibility index (Phi) is 6.21. The van der Waals surface area contributed by atoms with Crippen LogP contribution in [0.2, 0.25) is 0 Å². The molecule has 0 bridgehead atoms. The van der Waals surface area contributed by atoms with Crippen LogP contribution in [0.1, 0.15) is 28.6 Å². The molecular formula is C22H22N2O3S. The summed E-state index contributed by atoms with van der Waals surface area (Å²) in [7, 11) is 0. The third-order valence-corrected chi connectivity index (χ3v) is 5.39. The highest BCUT2D eigenvalue weighted by atomic mass is 32.2. The van der Waals surface area contributed by atoms with E-state index in [1.165, 1.54) is 23.6 Å². The minimum atomic E-state index is -0.312. The third kappa shape index (κ3) is 5.04. The summed E-state index contributed by atoms with van der Waals surface area (Å²) in [6.45, 7) is 5.91. The summed E-state index contributed by atoms with van der Waals surface area (Å²) in [4.78, 5) is 25.5. The van der Waals surface area contributed by atoms with Gasteiger partial charge in [-0.1, -0.05) is 12.1 Å². The maximum absolute atomic E-state index is 12.5. The van der Waals surface area contributed by atoms with Crippen molar-refractivity contribution in [1.29, 1.82) is 0 Å². The largest absolute Gasteiger partial charge is 0.459 e. The molecule has 1 atom stereocenters. The lowest BCUT2D eigenvalue weighted by Gasteiger charge is -2.14. The van der Waals surface area contributed by atoms with E-state index in [9.17, 15) is 9.59 Å². The van der Waals surface area contributed by atoms with Gasteiger partial charge in [-0.2, -0.15) is 0 Å². The van der Waals surface area contributed by atoms with Crippen molar-refractivity contribution in [3.63, 3.8) is 0 Å². The second kappa shape index (κ2) is 8.80. The maximum Gasteiger partial charge on any atom is 0.291 e. The molecule has 28 heavy (non-hydrogen) atoms. The Hall–Kier alpha value is -2.99. The normalized spacial score (nSPS) is 11.7. The van der Waals surface area contributed by atoms with Gasteiger partial charge in [-0.15, -0.1) is 11.8 Å². The number of carbonyl (C=O) groups is 2. The molecule has 0 aliphatic rings. The van der Waals surface area contributed by atoms with E-state index in [1.807, 2.05) is 57.2 Å². The topological polar surface area (TPSA) is 71.3 Å². The van der Waals surface area contributed by atoms with Gasteiger partial charge in [0.2, 0.25) is 5.91 Å². The minimum Gasteiger partial charge on any atom is -0.459 e. The molecule has 3 rings (SSSR count). The molecule has 6 heteroatoms. The van der Waals surface area contributed by atoms with Gasteiger partial charge >= 0.3 is 0 Å². The molecule has 0 fully saturated rings. The highest BCUT2D eigenvalue weighted by Gasteiger charge is 2.16. The molecule has 1 aromatic heterocycles. The van der Waals surface area contributed by atoms with Gasteiger partial charge < -0.3 is 15.1 Å². The maximum atomic E-state index is 12.5. The average molecular weight is 394 g/mol. The number of carbonyl (C=O) groups excluding carboxylic acids is 2. The molecule has 0 radical (unpaired) electrons. The fraction of sp³-hybridized carbons (Fsp3) is 0.182. The number of hydrogen-bond acceptors (Lipinski definition) is 4. The second-order valence-corrected chi connectivity index (χ2v) is 7.92. The summed E-state index contributed by atoms with van der Waals surface area (Å²) < 4.78 is 5.10. The summed E-state index contributed by atoms with van der Waals surface area (Å²) in [6, 6.07) is 16.5. The number of thioether (sulfide) groups is 1. The fourth-order valence-corrected chi connectivity index (χ4v) is 3.49. The van der Waals surface area contributed by atoms with Crippen LogP contribution < -0.4 is 10.6 Å². The highest BCUT2D eigenvalue weighted by Crippen LogP contribution is 2.27. The predicted octanol–water partition coefficient (Wildman–Crippen LogP) is 5.27. The monoisotopic (exact) mass is 394 g/mol. The van der Waals surface area contributed by atoms with E-state index in [4.69, 9.17) is 4.42 Å². The van der Waals surface area contributed by atoms with Crippen molar-refractivity contribution in [1.82, 2.24) is 0 Å². The van der Waals surface area contributed by atoms with Crippen LogP contribution in [0.15, 0.2) is 70.2 Å². The van der Waals surface area contributed by atoms with E-state index in [0.29, 0.717) is 5.69 Å². The van der Waals surface area contributed by atoms with Gasteiger partial charge in [0.05, 0.1) is 11.5 Å². The molecule has 3 aromatic rings. The predicted molar refractivity (Wildman–Crippen MR) is 113 cm³/mol. The van der Waals surface area contributed by atoms with Crippen molar-refractivity contribution in [2.75, 3.05) is 10.6 Å². The van der Waals surface area contributed by atoms with Crippen molar-refractivity contribution in [2.45, 2.75) is 30.9 Å².